The van der Waals surface area contributed by atoms with E-state index in [-0.39, 0.29) is 30.4 Å². The average Bonchev–Trinajstić information content (AvgIpc) is 2.74. The molecule has 1 heterocycles. The Hall–Kier alpha value is -2.57. The summed E-state index contributed by atoms with van der Waals surface area (Å²) in [5.74, 6) is -0.605. The number of aliphatic hydroxyl groups is 1. The number of nitrogens with two attached hydrogens (primary N) is 1. The normalized spacial score (nSPS) is 17.6. The van der Waals surface area contributed by atoms with Crippen LogP contribution in [-0.2, 0) is 4.79 Å². The minimum absolute atomic E-state index is 0.0392. The average molecular weight is 416 g/mol. The lowest BCUT2D eigenvalue weighted by Gasteiger charge is -2.33. The Kier molecular flexibility index (Phi) is 7.12. The molecule has 2 unspecified atom stereocenters. The first-order chi connectivity index (χ1) is 14.0. The van der Waals surface area contributed by atoms with Crippen molar-refractivity contribution in [3.63, 3.8) is 0 Å². The van der Waals surface area contributed by atoms with Crippen LogP contribution in [0.25, 0.3) is 0 Å². The van der Waals surface area contributed by atoms with E-state index in [1.807, 2.05) is 24.3 Å². The van der Waals surface area contributed by atoms with Crippen LogP contribution in [0.2, 0.25) is 5.02 Å². The zero-order valence-corrected chi connectivity index (χ0v) is 16.9. The fraction of sp³-hybridized carbons (Fsp3) is 0.364. The molecule has 2 atom stereocenters. The third-order valence-electron chi connectivity index (χ3n) is 5.31. The summed E-state index contributed by atoms with van der Waals surface area (Å²) >= 11 is 5.93. The molecule has 154 valence electrons. The van der Waals surface area contributed by atoms with Crippen molar-refractivity contribution in [3.8, 4) is 0 Å². The van der Waals surface area contributed by atoms with Gasteiger partial charge in [0.1, 0.15) is 0 Å². The van der Waals surface area contributed by atoms with Gasteiger partial charge in [-0.1, -0.05) is 23.7 Å². The third-order valence-corrected chi connectivity index (χ3v) is 5.57. The predicted molar refractivity (Wildman–Crippen MR) is 114 cm³/mol. The smallest absolute Gasteiger partial charge is 0.251 e. The number of hydrogen-bond acceptors (Lipinski definition) is 4. The maximum absolute atomic E-state index is 12.7. The minimum atomic E-state index is -0.303. The van der Waals surface area contributed by atoms with Crippen LogP contribution in [0.5, 0.6) is 0 Å². The number of aliphatic hydroxyl groups excluding tert-OH is 1. The molecule has 2 aromatic rings. The zero-order valence-electron chi connectivity index (χ0n) is 16.2. The summed E-state index contributed by atoms with van der Waals surface area (Å²) in [6, 6.07) is 14.2. The summed E-state index contributed by atoms with van der Waals surface area (Å²) in [5.41, 5.74) is 7.85. The van der Waals surface area contributed by atoms with Gasteiger partial charge in [0.15, 0.2) is 0 Å². The van der Waals surface area contributed by atoms with Crippen molar-refractivity contribution >= 4 is 29.1 Å². The summed E-state index contributed by atoms with van der Waals surface area (Å²) in [5, 5.41) is 13.0. The molecule has 1 aliphatic heterocycles. The molecular formula is C22H26ClN3O3. The third kappa shape index (κ3) is 5.49. The molecule has 6 nitrogen and oxygen atoms in total. The van der Waals surface area contributed by atoms with Crippen molar-refractivity contribution in [3.05, 3.63) is 64.7 Å². The summed E-state index contributed by atoms with van der Waals surface area (Å²) < 4.78 is 0. The molecule has 2 aromatic carbocycles. The molecule has 3 rings (SSSR count). The second-order valence-electron chi connectivity index (χ2n) is 7.32. The summed E-state index contributed by atoms with van der Waals surface area (Å²) in [4.78, 5) is 26.3. The van der Waals surface area contributed by atoms with Crippen LogP contribution < -0.4 is 16.0 Å². The maximum atomic E-state index is 12.7. The molecule has 0 aliphatic carbocycles. The van der Waals surface area contributed by atoms with Crippen molar-refractivity contribution in [1.29, 1.82) is 0 Å². The molecule has 1 saturated heterocycles. The van der Waals surface area contributed by atoms with Gasteiger partial charge in [0.05, 0.1) is 12.0 Å². The van der Waals surface area contributed by atoms with Crippen molar-refractivity contribution in [2.75, 3.05) is 24.6 Å². The first kappa shape index (κ1) is 21.1. The number of nitrogens with one attached hydrogen (secondary N) is 1. The Morgan fingerprint density at radius 3 is 2.48 bits per heavy atom. The highest BCUT2D eigenvalue weighted by Gasteiger charge is 2.24. The summed E-state index contributed by atoms with van der Waals surface area (Å²) in [6.45, 7) is 1.43. The van der Waals surface area contributed by atoms with Crippen molar-refractivity contribution in [2.24, 2.45) is 11.7 Å². The van der Waals surface area contributed by atoms with Gasteiger partial charge in [-0.15, -0.1) is 0 Å². The SMILES string of the molecule is NC(=O)C1CCCN(c2ccc(C(=O)NC(CCO)c3ccc(Cl)cc3)cc2)C1. The number of hydrogen-bond donors (Lipinski definition) is 3. The number of nitrogens with zero attached hydrogens (tertiary/aromatic N) is 1. The van der Waals surface area contributed by atoms with E-state index >= 15 is 0 Å². The molecule has 0 aromatic heterocycles. The van der Waals surface area contributed by atoms with Crippen LogP contribution in [0, 0.1) is 5.92 Å². The fourth-order valence-corrected chi connectivity index (χ4v) is 3.78. The molecular weight excluding hydrogens is 390 g/mol. The first-order valence-electron chi connectivity index (χ1n) is 9.79. The molecule has 0 spiro atoms. The van der Waals surface area contributed by atoms with Crippen LogP contribution in [0.15, 0.2) is 48.5 Å². The first-order valence-corrected chi connectivity index (χ1v) is 10.2. The Morgan fingerprint density at radius 1 is 1.17 bits per heavy atom. The molecule has 2 amide bonds. The van der Waals surface area contributed by atoms with Crippen molar-refractivity contribution < 1.29 is 14.7 Å². The molecule has 29 heavy (non-hydrogen) atoms. The summed E-state index contributed by atoms with van der Waals surface area (Å²) in [7, 11) is 0. The van der Waals surface area contributed by atoms with Crippen molar-refractivity contribution in [2.45, 2.75) is 25.3 Å². The molecule has 7 heteroatoms. The lowest BCUT2D eigenvalue weighted by atomic mass is 9.97. The Morgan fingerprint density at radius 2 is 1.86 bits per heavy atom. The zero-order chi connectivity index (χ0) is 20.8. The van der Waals surface area contributed by atoms with Crippen LogP contribution in [0.4, 0.5) is 5.69 Å². The van der Waals surface area contributed by atoms with E-state index in [2.05, 4.69) is 10.2 Å². The predicted octanol–water partition coefficient (Wildman–Crippen LogP) is 2.90. The number of benzene rings is 2. The number of carbonyl (C=O) groups excluding carboxylic acids is 2. The molecule has 1 fully saturated rings. The Balaban J connectivity index is 1.67. The quantitative estimate of drug-likeness (QED) is 0.647. The minimum Gasteiger partial charge on any atom is -0.396 e. The summed E-state index contributed by atoms with van der Waals surface area (Å²) in [6.07, 6.45) is 2.15. The highest BCUT2D eigenvalue weighted by molar-refractivity contribution is 6.30. The fourth-order valence-electron chi connectivity index (χ4n) is 3.66. The van der Waals surface area contributed by atoms with Crippen LogP contribution in [0.1, 0.15) is 41.2 Å². The molecule has 4 N–H and O–H groups in total. The second-order valence-corrected chi connectivity index (χ2v) is 7.76. The van der Waals surface area contributed by atoms with E-state index in [0.717, 1.165) is 30.6 Å². The van der Waals surface area contributed by atoms with Crippen LogP contribution in [0.3, 0.4) is 0 Å². The van der Waals surface area contributed by atoms with E-state index in [1.165, 1.54) is 0 Å². The van der Waals surface area contributed by atoms with Crippen LogP contribution >= 0.6 is 11.6 Å². The maximum Gasteiger partial charge on any atom is 0.251 e. The van der Waals surface area contributed by atoms with Gasteiger partial charge in [-0.25, -0.2) is 0 Å². The van der Waals surface area contributed by atoms with Gasteiger partial charge >= 0.3 is 0 Å². The van der Waals surface area contributed by atoms with Gasteiger partial charge in [0.2, 0.25) is 5.91 Å². The van der Waals surface area contributed by atoms with E-state index in [9.17, 15) is 14.7 Å². The highest BCUT2D eigenvalue weighted by Crippen LogP contribution is 2.24. The van der Waals surface area contributed by atoms with Gasteiger partial charge in [-0.3, -0.25) is 9.59 Å². The number of carbonyl (C=O) groups is 2. The van der Waals surface area contributed by atoms with E-state index in [0.29, 0.717) is 23.6 Å². The molecule has 1 aliphatic rings. The highest BCUT2D eigenvalue weighted by atomic mass is 35.5. The Bertz CT molecular complexity index is 839. The van der Waals surface area contributed by atoms with E-state index in [1.54, 1.807) is 24.3 Å². The van der Waals surface area contributed by atoms with Crippen molar-refractivity contribution in [1.82, 2.24) is 5.32 Å². The monoisotopic (exact) mass is 415 g/mol. The van der Waals surface area contributed by atoms with Gasteiger partial charge in [-0.05, 0) is 61.2 Å². The van der Waals surface area contributed by atoms with Gasteiger partial charge in [0, 0.05) is 36.0 Å². The van der Waals surface area contributed by atoms with Crippen LogP contribution in [-0.4, -0.2) is 36.6 Å². The molecule has 0 bridgehead atoms. The number of anilines is 1. The molecule has 0 radical (unpaired) electrons. The number of amides is 2. The molecule has 0 saturated carbocycles. The number of halogens is 1. The Labute approximate surface area is 175 Å². The number of piperidine rings is 1. The van der Waals surface area contributed by atoms with Gasteiger partial charge in [0.25, 0.3) is 5.91 Å². The standard InChI is InChI=1S/C22H26ClN3O3/c23-18-7-3-15(4-8-18)20(11-13-27)25-22(29)16-5-9-19(10-6-16)26-12-1-2-17(14-26)21(24)28/h3-10,17,20,27H,1-2,11-14H2,(H2,24,28)(H,25,29). The van der Waals surface area contributed by atoms with E-state index in [4.69, 9.17) is 17.3 Å². The number of rotatable bonds is 7. The van der Waals surface area contributed by atoms with E-state index < -0.39 is 0 Å². The van der Waals surface area contributed by atoms with Gasteiger partial charge in [-0.2, -0.15) is 0 Å². The number of primary amides is 1. The van der Waals surface area contributed by atoms with Gasteiger partial charge < -0.3 is 21.1 Å². The topological polar surface area (TPSA) is 95.7 Å². The largest absolute Gasteiger partial charge is 0.396 e. The lowest BCUT2D eigenvalue weighted by molar-refractivity contribution is -0.122. The lowest BCUT2D eigenvalue weighted by Crippen LogP contribution is -2.41. The second kappa shape index (κ2) is 9.76.